The molecule has 1 aromatic rings. The Bertz CT molecular complexity index is 289. The summed E-state index contributed by atoms with van der Waals surface area (Å²) in [6, 6.07) is 4.80. The Kier molecular flexibility index (Phi) is 2.76. The van der Waals surface area contributed by atoms with Crippen molar-refractivity contribution in [3.05, 3.63) is 35.1 Å². The van der Waals surface area contributed by atoms with Crippen molar-refractivity contribution in [1.29, 1.82) is 0 Å². The first-order valence-corrected chi connectivity index (χ1v) is 4.03. The number of halogens is 1. The topological polar surface area (TPSA) is 26.0 Å². The fourth-order valence-corrected chi connectivity index (χ4v) is 1.28. The zero-order chi connectivity index (χ0) is 9.14. The normalized spacial score (nSPS) is 9.83. The molecule has 0 spiro atoms. The fraction of sp³-hybridized carbons (Fsp3) is 0.222. The van der Waals surface area contributed by atoms with Gasteiger partial charge in [0.1, 0.15) is 5.82 Å². The molecule has 1 nitrogen and oxygen atoms in total. The van der Waals surface area contributed by atoms with Crippen LogP contribution in [0.4, 0.5) is 4.39 Å². The molecule has 2 N–H and O–H groups in total. The molecule has 0 unspecified atom stereocenters. The number of aryl methyl sites for hydroxylation is 1. The second kappa shape index (κ2) is 3.63. The molecule has 0 aromatic heterocycles. The average Bonchev–Trinajstić information content (AvgIpc) is 1.81. The Balaban J connectivity index is 2.93. The monoisotopic (exact) mass is 183 g/mol. The van der Waals surface area contributed by atoms with Crippen molar-refractivity contribution in [3.63, 3.8) is 0 Å². The number of nitrogens with two attached hydrogens (primary N) is 1. The molecule has 0 amide bonds. The van der Waals surface area contributed by atoms with Crippen molar-refractivity contribution in [1.82, 2.24) is 0 Å². The highest BCUT2D eigenvalue weighted by Gasteiger charge is 1.98. The van der Waals surface area contributed by atoms with E-state index in [-0.39, 0.29) is 5.82 Å². The molecule has 12 heavy (non-hydrogen) atoms. The minimum absolute atomic E-state index is 0.235. The van der Waals surface area contributed by atoms with E-state index < -0.39 is 0 Å². The molecule has 1 rings (SSSR count). The van der Waals surface area contributed by atoms with Gasteiger partial charge in [0.25, 0.3) is 0 Å². The smallest absolute Gasteiger partial charge is 0.123 e. The van der Waals surface area contributed by atoms with Gasteiger partial charge in [-0.2, -0.15) is 0 Å². The first kappa shape index (κ1) is 9.13. The standard InChI is InChI=1S/C9H10FNS/c1-6-2-7(5-9(11)12)4-8(10)3-6/h2-4H,5H2,1H3,(H2,11,12). The predicted molar refractivity (Wildman–Crippen MR) is 51.6 cm³/mol. The van der Waals surface area contributed by atoms with Gasteiger partial charge in [0.05, 0.1) is 4.99 Å². The maximum atomic E-state index is 12.8. The zero-order valence-electron chi connectivity index (χ0n) is 6.80. The van der Waals surface area contributed by atoms with Crippen molar-refractivity contribution >= 4 is 17.2 Å². The van der Waals surface area contributed by atoms with E-state index in [0.29, 0.717) is 11.4 Å². The van der Waals surface area contributed by atoms with Gasteiger partial charge in [-0.3, -0.25) is 0 Å². The first-order valence-electron chi connectivity index (χ1n) is 3.62. The molecule has 0 saturated heterocycles. The van der Waals surface area contributed by atoms with Crippen LogP contribution in [0.1, 0.15) is 11.1 Å². The summed E-state index contributed by atoms with van der Waals surface area (Å²) in [7, 11) is 0. The van der Waals surface area contributed by atoms with Gasteiger partial charge in [0.2, 0.25) is 0 Å². The third-order valence-corrected chi connectivity index (χ3v) is 1.62. The number of benzene rings is 1. The number of thiocarbonyl (C=S) groups is 1. The van der Waals surface area contributed by atoms with Crippen LogP contribution in [-0.4, -0.2) is 4.99 Å². The van der Waals surface area contributed by atoms with Crippen molar-refractivity contribution in [2.75, 3.05) is 0 Å². The van der Waals surface area contributed by atoms with E-state index in [0.717, 1.165) is 11.1 Å². The molecule has 0 heterocycles. The van der Waals surface area contributed by atoms with E-state index in [4.69, 9.17) is 18.0 Å². The molecule has 0 atom stereocenters. The van der Waals surface area contributed by atoms with Crippen LogP contribution in [0.5, 0.6) is 0 Å². The summed E-state index contributed by atoms with van der Waals surface area (Å²) in [5.41, 5.74) is 7.06. The second-order valence-electron chi connectivity index (χ2n) is 2.78. The highest BCUT2D eigenvalue weighted by molar-refractivity contribution is 7.80. The minimum atomic E-state index is -0.235. The Morgan fingerprint density at radius 1 is 1.50 bits per heavy atom. The lowest BCUT2D eigenvalue weighted by atomic mass is 10.1. The van der Waals surface area contributed by atoms with Crippen LogP contribution in [0, 0.1) is 12.7 Å². The van der Waals surface area contributed by atoms with Crippen LogP contribution in [0.3, 0.4) is 0 Å². The van der Waals surface area contributed by atoms with E-state index in [1.807, 2.05) is 13.0 Å². The van der Waals surface area contributed by atoms with Crippen LogP contribution in [0.25, 0.3) is 0 Å². The molecular weight excluding hydrogens is 173 g/mol. The fourth-order valence-electron chi connectivity index (χ4n) is 1.12. The van der Waals surface area contributed by atoms with Gasteiger partial charge in [-0.1, -0.05) is 18.3 Å². The van der Waals surface area contributed by atoms with Crippen LogP contribution >= 0.6 is 12.2 Å². The summed E-state index contributed by atoms with van der Waals surface area (Å²) in [4.78, 5) is 0.389. The average molecular weight is 183 g/mol. The molecule has 1 aromatic carbocycles. The Hall–Kier alpha value is -0.960. The summed E-state index contributed by atoms with van der Waals surface area (Å²) in [6.45, 7) is 1.84. The second-order valence-corrected chi connectivity index (χ2v) is 3.30. The lowest BCUT2D eigenvalue weighted by molar-refractivity contribution is 0.625. The van der Waals surface area contributed by atoms with Crippen molar-refractivity contribution in [2.45, 2.75) is 13.3 Å². The van der Waals surface area contributed by atoms with Gasteiger partial charge in [-0.25, -0.2) is 4.39 Å². The molecule has 0 radical (unpaired) electrons. The van der Waals surface area contributed by atoms with E-state index in [1.54, 1.807) is 0 Å². The summed E-state index contributed by atoms with van der Waals surface area (Å²) in [6.07, 6.45) is 0.466. The van der Waals surface area contributed by atoms with Crippen LogP contribution in [0.2, 0.25) is 0 Å². The highest BCUT2D eigenvalue weighted by Crippen LogP contribution is 2.08. The number of rotatable bonds is 2. The molecule has 0 aliphatic carbocycles. The maximum Gasteiger partial charge on any atom is 0.123 e. The first-order chi connectivity index (χ1) is 5.58. The Morgan fingerprint density at radius 3 is 2.67 bits per heavy atom. The Morgan fingerprint density at radius 2 is 2.17 bits per heavy atom. The van der Waals surface area contributed by atoms with Crippen LogP contribution in [-0.2, 0) is 6.42 Å². The summed E-state index contributed by atoms with van der Waals surface area (Å²) >= 11 is 4.72. The summed E-state index contributed by atoms with van der Waals surface area (Å²) in [5, 5.41) is 0. The van der Waals surface area contributed by atoms with E-state index in [2.05, 4.69) is 0 Å². The highest BCUT2D eigenvalue weighted by atomic mass is 32.1. The molecule has 0 fully saturated rings. The third-order valence-electron chi connectivity index (χ3n) is 1.48. The van der Waals surface area contributed by atoms with E-state index in [9.17, 15) is 4.39 Å². The lowest BCUT2D eigenvalue weighted by Crippen LogP contribution is -2.11. The maximum absolute atomic E-state index is 12.8. The van der Waals surface area contributed by atoms with Gasteiger partial charge in [-0.15, -0.1) is 0 Å². The van der Waals surface area contributed by atoms with Gasteiger partial charge >= 0.3 is 0 Å². The van der Waals surface area contributed by atoms with Gasteiger partial charge in [0, 0.05) is 6.42 Å². The summed E-state index contributed by atoms with van der Waals surface area (Å²) < 4.78 is 12.8. The van der Waals surface area contributed by atoms with E-state index >= 15 is 0 Å². The number of hydrogen-bond donors (Lipinski definition) is 1. The van der Waals surface area contributed by atoms with Crippen LogP contribution < -0.4 is 5.73 Å². The van der Waals surface area contributed by atoms with Gasteiger partial charge in [0.15, 0.2) is 0 Å². The minimum Gasteiger partial charge on any atom is -0.393 e. The quantitative estimate of drug-likeness (QED) is 0.709. The van der Waals surface area contributed by atoms with E-state index in [1.165, 1.54) is 12.1 Å². The largest absolute Gasteiger partial charge is 0.393 e. The zero-order valence-corrected chi connectivity index (χ0v) is 7.62. The molecule has 0 saturated carbocycles. The van der Waals surface area contributed by atoms with Crippen molar-refractivity contribution in [3.8, 4) is 0 Å². The number of hydrogen-bond acceptors (Lipinski definition) is 1. The molecule has 0 aliphatic rings. The van der Waals surface area contributed by atoms with Crippen molar-refractivity contribution in [2.24, 2.45) is 5.73 Å². The van der Waals surface area contributed by atoms with Gasteiger partial charge in [-0.05, 0) is 30.2 Å². The van der Waals surface area contributed by atoms with Crippen LogP contribution in [0.15, 0.2) is 18.2 Å². The summed E-state index contributed by atoms with van der Waals surface area (Å²) in [5.74, 6) is -0.235. The van der Waals surface area contributed by atoms with Gasteiger partial charge < -0.3 is 5.73 Å². The lowest BCUT2D eigenvalue weighted by Gasteiger charge is -2.01. The molecule has 0 aliphatic heterocycles. The molecule has 3 heteroatoms. The molecule has 64 valence electrons. The SMILES string of the molecule is Cc1cc(F)cc(CC(N)=S)c1. The molecule has 0 bridgehead atoms. The molecular formula is C9H10FNS. The third kappa shape index (κ3) is 2.58. The van der Waals surface area contributed by atoms with Crippen molar-refractivity contribution < 1.29 is 4.39 Å². The predicted octanol–water partition coefficient (Wildman–Crippen LogP) is 1.96. The Labute approximate surface area is 76.4 Å².